The Morgan fingerprint density at radius 3 is 2.46 bits per heavy atom. The maximum atomic E-state index is 12.6. The third-order valence-electron chi connectivity index (χ3n) is 5.43. The average Bonchev–Trinajstić information content (AvgIpc) is 3.13. The number of aromatic nitrogens is 1. The number of piperidine rings is 1. The number of fused-ring (bicyclic) bond motifs is 1. The molecule has 28 heavy (non-hydrogen) atoms. The maximum Gasteiger partial charge on any atom is 0.236 e. The van der Waals surface area contributed by atoms with Crippen molar-refractivity contribution in [2.75, 3.05) is 46.3 Å². The minimum atomic E-state index is 0.0786. The van der Waals surface area contributed by atoms with Gasteiger partial charge in [0.1, 0.15) is 0 Å². The number of likely N-dealkylation sites (tertiary alicyclic amines) is 1. The summed E-state index contributed by atoms with van der Waals surface area (Å²) in [7, 11) is 1.84. The Kier molecular flexibility index (Phi) is 7.02. The SMILES string of the molecule is CCN(CC)C(=O)CN(C)CC(=O)N1CCC(c2nc3ccccc3s2)CC1. The van der Waals surface area contributed by atoms with Gasteiger partial charge in [0.2, 0.25) is 11.8 Å². The first-order valence-electron chi connectivity index (χ1n) is 10.1. The standard InChI is InChI=1S/C21H30N4O2S/c1-4-24(5-2)19(26)14-23(3)15-20(27)25-12-10-16(11-13-25)21-22-17-8-6-7-9-18(17)28-21/h6-9,16H,4-5,10-15H2,1-3H3. The maximum absolute atomic E-state index is 12.6. The highest BCUT2D eigenvalue weighted by molar-refractivity contribution is 7.18. The number of rotatable bonds is 7. The van der Waals surface area contributed by atoms with Crippen LogP contribution in [0.4, 0.5) is 0 Å². The van der Waals surface area contributed by atoms with Crippen molar-refractivity contribution >= 4 is 33.4 Å². The van der Waals surface area contributed by atoms with Gasteiger partial charge in [0.25, 0.3) is 0 Å². The predicted molar refractivity (Wildman–Crippen MR) is 114 cm³/mol. The van der Waals surface area contributed by atoms with E-state index in [1.807, 2.05) is 42.8 Å². The summed E-state index contributed by atoms with van der Waals surface area (Å²) in [5, 5.41) is 1.19. The molecular weight excluding hydrogens is 372 g/mol. The van der Waals surface area contributed by atoms with Crippen LogP contribution >= 0.6 is 11.3 Å². The van der Waals surface area contributed by atoms with Gasteiger partial charge in [0.15, 0.2) is 0 Å². The summed E-state index contributed by atoms with van der Waals surface area (Å²) in [4.78, 5) is 35.2. The molecule has 7 heteroatoms. The van der Waals surface area contributed by atoms with Crippen LogP contribution < -0.4 is 0 Å². The van der Waals surface area contributed by atoms with E-state index in [4.69, 9.17) is 4.98 Å². The van der Waals surface area contributed by atoms with Crippen LogP contribution in [0.1, 0.15) is 37.6 Å². The lowest BCUT2D eigenvalue weighted by atomic mass is 9.97. The Balaban J connectivity index is 1.48. The molecule has 2 aromatic rings. The molecule has 1 aromatic heterocycles. The molecule has 0 aliphatic carbocycles. The van der Waals surface area contributed by atoms with Gasteiger partial charge >= 0.3 is 0 Å². The smallest absolute Gasteiger partial charge is 0.236 e. The Morgan fingerprint density at radius 1 is 1.14 bits per heavy atom. The molecule has 152 valence electrons. The first-order valence-corrected chi connectivity index (χ1v) is 10.9. The van der Waals surface area contributed by atoms with Gasteiger partial charge in [-0.05, 0) is 45.9 Å². The van der Waals surface area contributed by atoms with Crippen molar-refractivity contribution in [3.05, 3.63) is 29.3 Å². The second-order valence-electron chi connectivity index (χ2n) is 7.41. The zero-order valence-corrected chi connectivity index (χ0v) is 17.9. The Bertz CT molecular complexity index is 777. The highest BCUT2D eigenvalue weighted by Crippen LogP contribution is 2.33. The molecule has 1 aliphatic rings. The molecule has 1 saturated heterocycles. The van der Waals surface area contributed by atoms with Crippen LogP contribution in [-0.4, -0.2) is 77.8 Å². The molecule has 6 nitrogen and oxygen atoms in total. The topological polar surface area (TPSA) is 56.8 Å². The minimum Gasteiger partial charge on any atom is -0.342 e. The number of amides is 2. The van der Waals surface area contributed by atoms with Crippen molar-refractivity contribution in [2.45, 2.75) is 32.6 Å². The minimum absolute atomic E-state index is 0.0786. The fourth-order valence-electron chi connectivity index (χ4n) is 3.73. The molecule has 0 radical (unpaired) electrons. The molecule has 1 fully saturated rings. The Hall–Kier alpha value is -1.99. The van der Waals surface area contributed by atoms with E-state index in [-0.39, 0.29) is 18.4 Å². The van der Waals surface area contributed by atoms with E-state index < -0.39 is 0 Å². The Labute approximate surface area is 171 Å². The number of hydrogen-bond donors (Lipinski definition) is 0. The summed E-state index contributed by atoms with van der Waals surface area (Å²) in [6.45, 7) is 7.46. The molecule has 2 heterocycles. The monoisotopic (exact) mass is 402 g/mol. The van der Waals surface area contributed by atoms with Crippen molar-refractivity contribution in [1.29, 1.82) is 0 Å². The second-order valence-corrected chi connectivity index (χ2v) is 8.48. The first-order chi connectivity index (χ1) is 13.5. The number of carbonyl (C=O) groups is 2. The van der Waals surface area contributed by atoms with E-state index in [0.29, 0.717) is 25.6 Å². The van der Waals surface area contributed by atoms with E-state index >= 15 is 0 Å². The van der Waals surface area contributed by atoms with Gasteiger partial charge < -0.3 is 9.80 Å². The van der Waals surface area contributed by atoms with Crippen LogP contribution in [0.5, 0.6) is 0 Å². The van der Waals surface area contributed by atoms with Crippen LogP contribution in [0, 0.1) is 0 Å². The summed E-state index contributed by atoms with van der Waals surface area (Å²) < 4.78 is 1.23. The molecule has 0 unspecified atom stereocenters. The number of benzene rings is 1. The van der Waals surface area contributed by atoms with Gasteiger partial charge in [-0.15, -0.1) is 11.3 Å². The lowest BCUT2D eigenvalue weighted by molar-refractivity contribution is -0.135. The fraction of sp³-hybridized carbons (Fsp3) is 0.571. The normalized spacial score (nSPS) is 15.4. The number of hydrogen-bond acceptors (Lipinski definition) is 5. The van der Waals surface area contributed by atoms with Gasteiger partial charge in [-0.1, -0.05) is 12.1 Å². The van der Waals surface area contributed by atoms with Gasteiger partial charge in [-0.3, -0.25) is 14.5 Å². The Morgan fingerprint density at radius 2 is 1.82 bits per heavy atom. The van der Waals surface area contributed by atoms with Gasteiger partial charge in [0.05, 0.1) is 28.3 Å². The summed E-state index contributed by atoms with van der Waals surface area (Å²) in [5.41, 5.74) is 1.07. The van der Waals surface area contributed by atoms with E-state index in [0.717, 1.165) is 31.4 Å². The number of thiazole rings is 1. The molecule has 0 N–H and O–H groups in total. The van der Waals surface area contributed by atoms with Crippen LogP contribution in [0.15, 0.2) is 24.3 Å². The van der Waals surface area contributed by atoms with E-state index in [9.17, 15) is 9.59 Å². The molecule has 0 spiro atoms. The van der Waals surface area contributed by atoms with Crippen LogP contribution in [-0.2, 0) is 9.59 Å². The molecule has 0 atom stereocenters. The fourth-order valence-corrected chi connectivity index (χ4v) is 4.87. The highest BCUT2D eigenvalue weighted by atomic mass is 32.1. The third kappa shape index (κ3) is 4.89. The zero-order chi connectivity index (χ0) is 20.1. The number of carbonyl (C=O) groups excluding carboxylic acids is 2. The van der Waals surface area contributed by atoms with E-state index in [1.54, 1.807) is 16.2 Å². The summed E-state index contributed by atoms with van der Waals surface area (Å²) in [5.74, 6) is 0.621. The summed E-state index contributed by atoms with van der Waals surface area (Å²) >= 11 is 1.77. The van der Waals surface area contributed by atoms with Gasteiger partial charge in [0, 0.05) is 32.1 Å². The molecule has 0 saturated carbocycles. The summed E-state index contributed by atoms with van der Waals surface area (Å²) in [6.07, 6.45) is 1.90. The predicted octanol–water partition coefficient (Wildman–Crippen LogP) is 2.80. The van der Waals surface area contributed by atoms with Crippen molar-refractivity contribution in [1.82, 2.24) is 19.7 Å². The average molecular weight is 403 g/mol. The second kappa shape index (κ2) is 9.47. The molecule has 1 aliphatic heterocycles. The first kappa shape index (κ1) is 20.7. The third-order valence-corrected chi connectivity index (χ3v) is 6.63. The van der Waals surface area contributed by atoms with Crippen molar-refractivity contribution in [3.63, 3.8) is 0 Å². The van der Waals surface area contributed by atoms with E-state index in [2.05, 4.69) is 12.1 Å². The highest BCUT2D eigenvalue weighted by Gasteiger charge is 2.26. The van der Waals surface area contributed by atoms with Gasteiger partial charge in [-0.25, -0.2) is 4.98 Å². The molecular formula is C21H30N4O2S. The quantitative estimate of drug-likeness (QED) is 0.715. The number of para-hydroxylation sites is 1. The largest absolute Gasteiger partial charge is 0.342 e. The molecule has 3 rings (SSSR count). The van der Waals surface area contributed by atoms with Crippen LogP contribution in [0.3, 0.4) is 0 Å². The number of likely N-dealkylation sites (N-methyl/N-ethyl adjacent to an activating group) is 2. The van der Waals surface area contributed by atoms with Crippen molar-refractivity contribution in [3.8, 4) is 0 Å². The van der Waals surface area contributed by atoms with Crippen LogP contribution in [0.2, 0.25) is 0 Å². The lowest BCUT2D eigenvalue weighted by Crippen LogP contribution is -2.45. The lowest BCUT2D eigenvalue weighted by Gasteiger charge is -2.32. The van der Waals surface area contributed by atoms with Crippen LogP contribution in [0.25, 0.3) is 10.2 Å². The molecule has 0 bridgehead atoms. The zero-order valence-electron chi connectivity index (χ0n) is 17.1. The summed E-state index contributed by atoms with van der Waals surface area (Å²) in [6, 6.07) is 8.25. The van der Waals surface area contributed by atoms with E-state index in [1.165, 1.54) is 9.71 Å². The number of nitrogens with zero attached hydrogens (tertiary/aromatic N) is 4. The molecule has 2 amide bonds. The van der Waals surface area contributed by atoms with Crippen molar-refractivity contribution < 1.29 is 9.59 Å². The van der Waals surface area contributed by atoms with Gasteiger partial charge in [-0.2, -0.15) is 0 Å². The molecule has 1 aromatic carbocycles. The van der Waals surface area contributed by atoms with Crippen molar-refractivity contribution in [2.24, 2.45) is 0 Å².